The van der Waals surface area contributed by atoms with E-state index in [-0.39, 0.29) is 18.4 Å². The molecular formula is C12H11F3INO. The number of carbonyl (C=O) groups excluding carboxylic acids is 1. The normalized spacial score (nSPS) is 18.8. The predicted octanol–water partition coefficient (Wildman–Crippen LogP) is 3.30. The summed E-state index contributed by atoms with van der Waals surface area (Å²) in [7, 11) is 0. The topological polar surface area (TPSA) is 20.3 Å². The van der Waals surface area contributed by atoms with E-state index in [4.69, 9.17) is 0 Å². The smallest absolute Gasteiger partial charge is 0.265 e. The molecule has 0 bridgehead atoms. The lowest BCUT2D eigenvalue weighted by molar-refractivity contribution is -0.0560. The van der Waals surface area contributed by atoms with Gasteiger partial charge in [0.2, 0.25) is 0 Å². The largest absolute Gasteiger partial charge is 0.333 e. The van der Waals surface area contributed by atoms with Crippen molar-refractivity contribution in [3.63, 3.8) is 0 Å². The summed E-state index contributed by atoms with van der Waals surface area (Å²) in [5.74, 6) is -3.91. The van der Waals surface area contributed by atoms with Crippen LogP contribution in [0.3, 0.4) is 0 Å². The second-order valence-electron chi connectivity index (χ2n) is 4.34. The number of likely N-dealkylation sites (tertiary alicyclic amines) is 1. The molecule has 0 radical (unpaired) electrons. The molecule has 1 amide bonds. The zero-order chi connectivity index (χ0) is 13.3. The van der Waals surface area contributed by atoms with E-state index < -0.39 is 24.2 Å². The van der Waals surface area contributed by atoms with Crippen molar-refractivity contribution in [2.45, 2.75) is 18.8 Å². The van der Waals surface area contributed by atoms with Gasteiger partial charge >= 0.3 is 0 Å². The number of rotatable bonds is 1. The predicted molar refractivity (Wildman–Crippen MR) is 69.2 cm³/mol. The Bertz CT molecular complexity index is 458. The Hall–Kier alpha value is -0.790. The van der Waals surface area contributed by atoms with Crippen molar-refractivity contribution in [3.8, 4) is 0 Å². The molecule has 0 spiro atoms. The third kappa shape index (κ3) is 3.15. The third-order valence-electron chi connectivity index (χ3n) is 2.79. The molecule has 1 aliphatic rings. The van der Waals surface area contributed by atoms with Crippen molar-refractivity contribution < 1.29 is 18.0 Å². The summed E-state index contributed by atoms with van der Waals surface area (Å²) >= 11 is 1.88. The van der Waals surface area contributed by atoms with Gasteiger partial charge in [0.05, 0.1) is 6.54 Å². The highest BCUT2D eigenvalue weighted by atomic mass is 127. The number of hydrogen-bond acceptors (Lipinski definition) is 1. The van der Waals surface area contributed by atoms with Crippen LogP contribution < -0.4 is 0 Å². The van der Waals surface area contributed by atoms with Crippen molar-refractivity contribution in [2.75, 3.05) is 13.1 Å². The van der Waals surface area contributed by atoms with Crippen LogP contribution in [0.2, 0.25) is 0 Å². The molecule has 0 saturated carbocycles. The second-order valence-corrected chi connectivity index (χ2v) is 5.59. The molecule has 18 heavy (non-hydrogen) atoms. The number of hydrogen-bond donors (Lipinski definition) is 0. The fourth-order valence-corrected chi connectivity index (χ4v) is 2.63. The monoisotopic (exact) mass is 369 g/mol. The Labute approximate surface area is 116 Å². The highest BCUT2D eigenvalue weighted by Crippen LogP contribution is 2.27. The number of carbonyl (C=O) groups is 1. The lowest BCUT2D eigenvalue weighted by atomic mass is 10.1. The molecular weight excluding hydrogens is 358 g/mol. The molecule has 6 heteroatoms. The van der Waals surface area contributed by atoms with Crippen LogP contribution in [-0.4, -0.2) is 29.8 Å². The van der Waals surface area contributed by atoms with Crippen LogP contribution in [0, 0.1) is 9.39 Å². The van der Waals surface area contributed by atoms with Crippen LogP contribution in [0.5, 0.6) is 0 Å². The molecule has 1 aromatic carbocycles. The summed E-state index contributed by atoms with van der Waals surface area (Å²) in [4.78, 5) is 13.1. The molecule has 1 aromatic rings. The van der Waals surface area contributed by atoms with Gasteiger partial charge in [-0.2, -0.15) is 0 Å². The Morgan fingerprint density at radius 2 is 2.06 bits per heavy atom. The molecule has 2 rings (SSSR count). The lowest BCUT2D eigenvalue weighted by Gasteiger charge is -2.32. The Kier molecular flexibility index (Phi) is 3.84. The van der Waals surface area contributed by atoms with Gasteiger partial charge in [-0.1, -0.05) is 0 Å². The molecule has 0 atom stereocenters. The van der Waals surface area contributed by atoms with Crippen molar-refractivity contribution >= 4 is 28.5 Å². The van der Waals surface area contributed by atoms with Crippen LogP contribution >= 0.6 is 22.6 Å². The standard InChI is InChI=1S/C12H11F3INO/c13-9-4-8(5-10(16)6-9)11(18)17-3-1-2-12(14,15)7-17/h4-6H,1-3,7H2. The molecule has 1 aliphatic heterocycles. The number of nitrogens with zero attached hydrogens (tertiary/aromatic N) is 1. The van der Waals surface area contributed by atoms with Crippen LogP contribution in [0.25, 0.3) is 0 Å². The van der Waals surface area contributed by atoms with E-state index in [2.05, 4.69) is 0 Å². The molecule has 1 heterocycles. The molecule has 2 nitrogen and oxygen atoms in total. The van der Waals surface area contributed by atoms with E-state index in [0.717, 1.165) is 11.0 Å². The first-order chi connectivity index (χ1) is 8.37. The minimum Gasteiger partial charge on any atom is -0.333 e. The van der Waals surface area contributed by atoms with Crippen LogP contribution in [0.15, 0.2) is 18.2 Å². The first-order valence-corrected chi connectivity index (χ1v) is 6.58. The number of halogens is 4. The van der Waals surface area contributed by atoms with Gasteiger partial charge in [0.25, 0.3) is 11.8 Å². The summed E-state index contributed by atoms with van der Waals surface area (Å²) in [5, 5.41) is 0. The van der Waals surface area contributed by atoms with Crippen LogP contribution in [0.1, 0.15) is 23.2 Å². The van der Waals surface area contributed by atoms with Gasteiger partial charge in [-0.3, -0.25) is 4.79 Å². The molecule has 1 fully saturated rings. The summed E-state index contributed by atoms with van der Waals surface area (Å²) in [6.45, 7) is -0.291. The Morgan fingerprint density at radius 3 is 2.67 bits per heavy atom. The third-order valence-corrected chi connectivity index (χ3v) is 3.41. The first-order valence-electron chi connectivity index (χ1n) is 5.51. The van der Waals surface area contributed by atoms with E-state index in [1.165, 1.54) is 12.1 Å². The lowest BCUT2D eigenvalue weighted by Crippen LogP contribution is -2.45. The van der Waals surface area contributed by atoms with Crippen molar-refractivity contribution in [3.05, 3.63) is 33.1 Å². The van der Waals surface area contributed by atoms with Gasteiger partial charge < -0.3 is 4.90 Å². The molecule has 0 aliphatic carbocycles. The molecule has 98 valence electrons. The van der Waals surface area contributed by atoms with Gasteiger partial charge in [-0.25, -0.2) is 13.2 Å². The van der Waals surface area contributed by atoms with Gasteiger partial charge in [-0.05, 0) is 47.2 Å². The number of amides is 1. The molecule has 0 unspecified atom stereocenters. The second kappa shape index (κ2) is 5.07. The zero-order valence-corrected chi connectivity index (χ0v) is 11.6. The van der Waals surface area contributed by atoms with E-state index in [9.17, 15) is 18.0 Å². The minimum atomic E-state index is -2.84. The van der Waals surface area contributed by atoms with Crippen LogP contribution in [0.4, 0.5) is 13.2 Å². The summed E-state index contributed by atoms with van der Waals surface area (Å²) in [6, 6.07) is 3.86. The van der Waals surface area contributed by atoms with Gasteiger partial charge in [0.15, 0.2) is 0 Å². The highest BCUT2D eigenvalue weighted by molar-refractivity contribution is 14.1. The summed E-state index contributed by atoms with van der Waals surface area (Å²) < 4.78 is 40.2. The first kappa shape index (κ1) is 13.6. The average Bonchev–Trinajstić information content (AvgIpc) is 2.25. The van der Waals surface area contributed by atoms with E-state index in [0.29, 0.717) is 10.1 Å². The molecule has 0 N–H and O–H groups in total. The number of alkyl halides is 2. The zero-order valence-electron chi connectivity index (χ0n) is 9.43. The maximum absolute atomic E-state index is 13.2. The van der Waals surface area contributed by atoms with Gasteiger partial charge in [-0.15, -0.1) is 0 Å². The minimum absolute atomic E-state index is 0.122. The summed E-state index contributed by atoms with van der Waals surface area (Å²) in [6.07, 6.45) is 0.0720. The van der Waals surface area contributed by atoms with E-state index in [1.54, 1.807) is 0 Å². The van der Waals surface area contributed by atoms with Gasteiger partial charge in [0.1, 0.15) is 5.82 Å². The number of benzene rings is 1. The van der Waals surface area contributed by atoms with Crippen LogP contribution in [-0.2, 0) is 0 Å². The van der Waals surface area contributed by atoms with Crippen molar-refractivity contribution in [2.24, 2.45) is 0 Å². The fourth-order valence-electron chi connectivity index (χ4n) is 2.00. The molecule has 1 saturated heterocycles. The molecule has 0 aromatic heterocycles. The number of piperidine rings is 1. The Balaban J connectivity index is 2.20. The van der Waals surface area contributed by atoms with Crippen molar-refractivity contribution in [1.29, 1.82) is 0 Å². The van der Waals surface area contributed by atoms with E-state index in [1.807, 2.05) is 22.6 Å². The van der Waals surface area contributed by atoms with E-state index >= 15 is 0 Å². The fraction of sp³-hybridized carbons (Fsp3) is 0.417. The highest BCUT2D eigenvalue weighted by Gasteiger charge is 2.37. The Morgan fingerprint density at radius 1 is 1.33 bits per heavy atom. The summed E-state index contributed by atoms with van der Waals surface area (Å²) in [5.41, 5.74) is 0.122. The maximum atomic E-state index is 13.2. The average molecular weight is 369 g/mol. The van der Waals surface area contributed by atoms with Crippen molar-refractivity contribution in [1.82, 2.24) is 4.90 Å². The van der Waals surface area contributed by atoms with Gasteiger partial charge in [0, 0.05) is 22.1 Å². The SMILES string of the molecule is O=C(c1cc(F)cc(I)c1)N1CCCC(F)(F)C1. The quantitative estimate of drug-likeness (QED) is 0.696. The maximum Gasteiger partial charge on any atom is 0.265 e.